The van der Waals surface area contributed by atoms with Crippen molar-refractivity contribution in [2.24, 2.45) is 0 Å². The van der Waals surface area contributed by atoms with Crippen LogP contribution in [0.2, 0.25) is 10.0 Å². The summed E-state index contributed by atoms with van der Waals surface area (Å²) in [7, 11) is 0. The van der Waals surface area contributed by atoms with Gasteiger partial charge < -0.3 is 10.1 Å². The number of para-hydroxylation sites is 1. The van der Waals surface area contributed by atoms with E-state index in [0.29, 0.717) is 28.9 Å². The van der Waals surface area contributed by atoms with Crippen LogP contribution in [0.15, 0.2) is 46.9 Å². The molecule has 2 aromatic carbocycles. The summed E-state index contributed by atoms with van der Waals surface area (Å²) in [6, 6.07) is 13.1. The minimum atomic E-state index is 0.501. The molecule has 0 aliphatic heterocycles. The van der Waals surface area contributed by atoms with Crippen LogP contribution < -0.4 is 10.1 Å². The van der Waals surface area contributed by atoms with Gasteiger partial charge in [0.05, 0.1) is 5.02 Å². The Morgan fingerprint density at radius 1 is 1.11 bits per heavy atom. The van der Waals surface area contributed by atoms with Crippen LogP contribution in [0.4, 0.5) is 5.69 Å². The highest BCUT2D eigenvalue weighted by atomic mass is 79.9. The highest BCUT2D eigenvalue weighted by Crippen LogP contribution is 2.27. The van der Waals surface area contributed by atoms with Crippen LogP contribution in [-0.2, 0) is 0 Å². The number of nitrogens with one attached hydrogen (secondary N) is 1. The van der Waals surface area contributed by atoms with Gasteiger partial charge in [0.1, 0.15) is 12.4 Å². The number of hydrogen-bond donors (Lipinski definition) is 1. The average Bonchev–Trinajstić information content (AvgIpc) is 2.40. The zero-order valence-electron chi connectivity index (χ0n) is 10.00. The number of hydrogen-bond acceptors (Lipinski definition) is 2. The van der Waals surface area contributed by atoms with Gasteiger partial charge in [-0.2, -0.15) is 0 Å². The Kier molecular flexibility index (Phi) is 5.37. The van der Waals surface area contributed by atoms with Gasteiger partial charge in [0.25, 0.3) is 0 Å². The molecule has 5 heteroatoms. The van der Waals surface area contributed by atoms with E-state index in [-0.39, 0.29) is 0 Å². The summed E-state index contributed by atoms with van der Waals surface area (Å²) in [5.41, 5.74) is 1.03. The Labute approximate surface area is 130 Å². The zero-order valence-corrected chi connectivity index (χ0v) is 13.1. The monoisotopic (exact) mass is 359 g/mol. The fourth-order valence-electron chi connectivity index (χ4n) is 1.54. The molecule has 0 aliphatic rings. The first kappa shape index (κ1) is 14.5. The Bertz CT molecular complexity index is 563. The van der Waals surface area contributed by atoms with Gasteiger partial charge in [-0.1, -0.05) is 35.3 Å². The van der Waals surface area contributed by atoms with Crippen LogP contribution in [0.5, 0.6) is 5.75 Å². The molecule has 0 amide bonds. The quantitative estimate of drug-likeness (QED) is 0.735. The van der Waals surface area contributed by atoms with Crippen molar-refractivity contribution >= 4 is 44.8 Å². The van der Waals surface area contributed by atoms with Crippen LogP contribution >= 0.6 is 39.1 Å². The van der Waals surface area contributed by atoms with Gasteiger partial charge >= 0.3 is 0 Å². The lowest BCUT2D eigenvalue weighted by Gasteiger charge is -2.11. The molecule has 2 rings (SSSR count). The molecule has 2 nitrogen and oxygen atoms in total. The van der Waals surface area contributed by atoms with Crippen molar-refractivity contribution in [2.45, 2.75) is 0 Å². The second kappa shape index (κ2) is 7.04. The summed E-state index contributed by atoms with van der Waals surface area (Å²) in [5, 5.41) is 4.44. The second-order valence-electron chi connectivity index (χ2n) is 3.83. The summed E-state index contributed by atoms with van der Waals surface area (Å²) >= 11 is 15.4. The number of ether oxygens (including phenoxy) is 1. The second-order valence-corrected chi connectivity index (χ2v) is 5.53. The molecule has 100 valence electrons. The summed E-state index contributed by atoms with van der Waals surface area (Å²) in [6.07, 6.45) is 0. The molecule has 0 fully saturated rings. The van der Waals surface area contributed by atoms with E-state index in [0.717, 1.165) is 10.2 Å². The number of rotatable bonds is 5. The smallest absolute Gasteiger partial charge is 0.139 e. The molecule has 0 saturated heterocycles. The van der Waals surface area contributed by atoms with Crippen molar-refractivity contribution in [3.8, 4) is 5.75 Å². The van der Waals surface area contributed by atoms with Crippen LogP contribution in [0.25, 0.3) is 0 Å². The van der Waals surface area contributed by atoms with Gasteiger partial charge in [0.2, 0.25) is 0 Å². The summed E-state index contributed by atoms with van der Waals surface area (Å²) in [5.74, 6) is 0.600. The molecule has 0 heterocycles. The van der Waals surface area contributed by atoms with Crippen molar-refractivity contribution in [3.63, 3.8) is 0 Å². The molecule has 0 aromatic heterocycles. The molecule has 0 aliphatic carbocycles. The standard InChI is InChI=1S/C14H12BrCl2NO/c15-11-3-1-2-4-13(11)18-7-8-19-14-9-10(16)5-6-12(14)17/h1-6,9,18H,7-8H2. The van der Waals surface area contributed by atoms with E-state index in [1.165, 1.54) is 0 Å². The van der Waals surface area contributed by atoms with E-state index in [9.17, 15) is 0 Å². The molecular weight excluding hydrogens is 349 g/mol. The molecule has 0 saturated carbocycles. The molecule has 0 spiro atoms. The molecule has 2 aromatic rings. The fraction of sp³-hybridized carbons (Fsp3) is 0.143. The van der Waals surface area contributed by atoms with Crippen molar-refractivity contribution in [2.75, 3.05) is 18.5 Å². The largest absolute Gasteiger partial charge is 0.490 e. The predicted molar refractivity (Wildman–Crippen MR) is 84.6 cm³/mol. The van der Waals surface area contributed by atoms with Gasteiger partial charge in [-0.25, -0.2) is 0 Å². The van der Waals surface area contributed by atoms with Crippen LogP contribution in [0, 0.1) is 0 Å². The van der Waals surface area contributed by atoms with Crippen LogP contribution in [-0.4, -0.2) is 13.2 Å². The van der Waals surface area contributed by atoms with Gasteiger partial charge in [0, 0.05) is 27.8 Å². The lowest BCUT2D eigenvalue weighted by Crippen LogP contribution is -2.11. The predicted octanol–water partition coefficient (Wildman–Crippen LogP) is 5.25. The lowest BCUT2D eigenvalue weighted by molar-refractivity contribution is 0.333. The normalized spacial score (nSPS) is 10.3. The molecule has 0 bridgehead atoms. The van der Waals surface area contributed by atoms with Crippen molar-refractivity contribution in [1.82, 2.24) is 0 Å². The minimum Gasteiger partial charge on any atom is -0.490 e. The van der Waals surface area contributed by atoms with E-state index in [2.05, 4.69) is 21.2 Å². The lowest BCUT2D eigenvalue weighted by atomic mass is 10.3. The number of halogens is 3. The van der Waals surface area contributed by atoms with Gasteiger partial charge in [0.15, 0.2) is 0 Å². The highest BCUT2D eigenvalue weighted by Gasteiger charge is 2.02. The SMILES string of the molecule is Clc1ccc(Cl)c(OCCNc2ccccc2Br)c1. The molecule has 0 radical (unpaired) electrons. The topological polar surface area (TPSA) is 21.3 Å². The third-order valence-electron chi connectivity index (χ3n) is 2.44. The van der Waals surface area contributed by atoms with Crippen molar-refractivity contribution in [3.05, 3.63) is 57.0 Å². The number of anilines is 1. The molecule has 0 atom stereocenters. The fourth-order valence-corrected chi connectivity index (χ4v) is 2.30. The third kappa shape index (κ3) is 4.30. The van der Waals surface area contributed by atoms with Gasteiger partial charge in [-0.05, 0) is 40.2 Å². The summed E-state index contributed by atoms with van der Waals surface area (Å²) < 4.78 is 6.61. The molecule has 1 N–H and O–H groups in total. The van der Waals surface area contributed by atoms with Gasteiger partial charge in [-0.15, -0.1) is 0 Å². The Morgan fingerprint density at radius 2 is 1.89 bits per heavy atom. The van der Waals surface area contributed by atoms with Crippen LogP contribution in [0.1, 0.15) is 0 Å². The van der Waals surface area contributed by atoms with E-state index in [1.807, 2.05) is 24.3 Å². The number of benzene rings is 2. The maximum absolute atomic E-state index is 6.01. The van der Waals surface area contributed by atoms with Crippen molar-refractivity contribution in [1.29, 1.82) is 0 Å². The molecular formula is C14H12BrCl2NO. The van der Waals surface area contributed by atoms with E-state index in [1.54, 1.807) is 18.2 Å². The molecule has 0 unspecified atom stereocenters. The average molecular weight is 361 g/mol. The third-order valence-corrected chi connectivity index (χ3v) is 3.68. The van der Waals surface area contributed by atoms with E-state index < -0.39 is 0 Å². The summed E-state index contributed by atoms with van der Waals surface area (Å²) in [4.78, 5) is 0. The maximum atomic E-state index is 6.01. The minimum absolute atomic E-state index is 0.501. The Hall–Kier alpha value is -0.900. The first-order valence-corrected chi connectivity index (χ1v) is 7.28. The van der Waals surface area contributed by atoms with E-state index >= 15 is 0 Å². The van der Waals surface area contributed by atoms with Crippen LogP contribution in [0.3, 0.4) is 0 Å². The highest BCUT2D eigenvalue weighted by molar-refractivity contribution is 9.10. The van der Waals surface area contributed by atoms with E-state index in [4.69, 9.17) is 27.9 Å². The zero-order chi connectivity index (χ0) is 13.7. The maximum Gasteiger partial charge on any atom is 0.139 e. The van der Waals surface area contributed by atoms with Crippen molar-refractivity contribution < 1.29 is 4.74 Å². The molecule has 19 heavy (non-hydrogen) atoms. The van der Waals surface area contributed by atoms with Gasteiger partial charge in [-0.3, -0.25) is 0 Å². The first-order valence-electron chi connectivity index (χ1n) is 5.73. The summed E-state index contributed by atoms with van der Waals surface area (Å²) in [6.45, 7) is 1.17. The first-order chi connectivity index (χ1) is 9.16. The Morgan fingerprint density at radius 3 is 2.68 bits per heavy atom. The Balaban J connectivity index is 1.84.